The lowest BCUT2D eigenvalue weighted by Crippen LogP contribution is -2.69. The lowest BCUT2D eigenvalue weighted by Gasteiger charge is -2.37. The van der Waals surface area contributed by atoms with Crippen LogP contribution >= 0.6 is 11.3 Å². The Hall–Kier alpha value is -3.46. The molecule has 0 saturated heterocycles. The van der Waals surface area contributed by atoms with Crippen molar-refractivity contribution in [3.63, 3.8) is 0 Å². The van der Waals surface area contributed by atoms with Gasteiger partial charge in [0.2, 0.25) is 0 Å². The minimum atomic E-state index is -2.26. The van der Waals surface area contributed by atoms with Gasteiger partial charge in [0.05, 0.1) is 0 Å². The smallest absolute Gasteiger partial charge is 0.135 e. The number of thiophene rings is 1. The van der Waals surface area contributed by atoms with Crippen LogP contribution < -0.4 is 15.6 Å². The minimum Gasteiger partial charge on any atom is -0.135 e. The fourth-order valence-electron chi connectivity index (χ4n) is 5.81. The van der Waals surface area contributed by atoms with Gasteiger partial charge in [-0.1, -0.05) is 135 Å². The summed E-state index contributed by atoms with van der Waals surface area (Å²) >= 11 is 1.91. The van der Waals surface area contributed by atoms with Crippen molar-refractivity contribution in [2.24, 2.45) is 0 Å². The fourth-order valence-corrected chi connectivity index (χ4v) is 12.2. The number of benzene rings is 5. The van der Waals surface area contributed by atoms with E-state index in [0.717, 1.165) is 0 Å². The Bertz CT molecular complexity index is 1570. The van der Waals surface area contributed by atoms with Crippen LogP contribution in [0.5, 0.6) is 0 Å². The van der Waals surface area contributed by atoms with Gasteiger partial charge in [0.25, 0.3) is 0 Å². The van der Waals surface area contributed by atoms with E-state index >= 15 is 0 Å². The summed E-state index contributed by atoms with van der Waals surface area (Å²) in [7, 11) is -2.26. The highest BCUT2D eigenvalue weighted by Crippen LogP contribution is 2.39. The van der Waals surface area contributed by atoms with Crippen LogP contribution in [-0.2, 0) is 0 Å². The van der Waals surface area contributed by atoms with E-state index in [-0.39, 0.29) is 0 Å². The van der Waals surface area contributed by atoms with Crippen LogP contribution in [0.25, 0.3) is 31.3 Å². The molecule has 0 saturated carbocycles. The van der Waals surface area contributed by atoms with E-state index in [0.29, 0.717) is 5.54 Å². The van der Waals surface area contributed by atoms with Gasteiger partial charge in [0, 0.05) is 20.2 Å². The van der Waals surface area contributed by atoms with Crippen molar-refractivity contribution >= 4 is 55.1 Å². The molecule has 0 aliphatic carbocycles. The zero-order valence-corrected chi connectivity index (χ0v) is 21.9. The average molecular weight is 485 g/mol. The predicted octanol–water partition coefficient (Wildman–Crippen LogP) is 7.60. The van der Waals surface area contributed by atoms with E-state index in [1.807, 2.05) is 11.3 Å². The topological polar surface area (TPSA) is 0 Å². The second kappa shape index (κ2) is 8.96. The summed E-state index contributed by atoms with van der Waals surface area (Å²) in [6.07, 6.45) is 0. The van der Waals surface area contributed by atoms with Gasteiger partial charge in [0.1, 0.15) is 0 Å². The number of hydrogen-bond acceptors (Lipinski definition) is 1. The standard InChI is InChI=1S/C33H28SSi/c1-24(2)35(26-14-5-3-6-15-26,27-16-7-4-8-17-27)28-18-11-13-25(23-28)29-20-12-21-31-30-19-9-10-22-32(30)34-33(29)31/h3-24H,1-2H3. The van der Waals surface area contributed by atoms with Gasteiger partial charge in [-0.15, -0.1) is 11.3 Å². The highest BCUT2D eigenvalue weighted by molar-refractivity contribution is 7.26. The van der Waals surface area contributed by atoms with Gasteiger partial charge in [-0.05, 0) is 38.3 Å². The van der Waals surface area contributed by atoms with Crippen LogP contribution in [0, 0.1) is 0 Å². The summed E-state index contributed by atoms with van der Waals surface area (Å²) in [5.41, 5.74) is 3.14. The van der Waals surface area contributed by atoms with Gasteiger partial charge in [-0.2, -0.15) is 0 Å². The highest BCUT2D eigenvalue weighted by Gasteiger charge is 2.42. The van der Waals surface area contributed by atoms with Crippen molar-refractivity contribution in [2.45, 2.75) is 19.4 Å². The Kier molecular flexibility index (Phi) is 5.64. The van der Waals surface area contributed by atoms with E-state index in [1.165, 1.54) is 46.9 Å². The second-order valence-electron chi connectivity index (χ2n) is 9.56. The Labute approximate surface area is 212 Å². The first kappa shape index (κ1) is 22.0. The normalized spacial score (nSPS) is 12.0. The quantitative estimate of drug-likeness (QED) is 0.175. The Morgan fingerprint density at radius 3 is 1.80 bits per heavy atom. The van der Waals surface area contributed by atoms with Gasteiger partial charge in [-0.25, -0.2) is 0 Å². The molecule has 0 radical (unpaired) electrons. The molecule has 1 aromatic heterocycles. The zero-order chi connectivity index (χ0) is 23.8. The number of rotatable bonds is 5. The summed E-state index contributed by atoms with van der Waals surface area (Å²) in [5, 5.41) is 7.12. The molecule has 2 heteroatoms. The summed E-state index contributed by atoms with van der Waals surface area (Å²) in [6, 6.07) is 47.4. The SMILES string of the molecule is CC(C)[Si](c1ccccc1)(c1ccccc1)c1cccc(-c2cccc3c2sc2ccccc23)c1. The molecular formula is C33H28SSi. The van der Waals surface area contributed by atoms with Gasteiger partial charge in [-0.3, -0.25) is 0 Å². The second-order valence-corrected chi connectivity index (χ2v) is 15.1. The average Bonchev–Trinajstić information content (AvgIpc) is 3.29. The predicted molar refractivity (Wildman–Crippen MR) is 157 cm³/mol. The lowest BCUT2D eigenvalue weighted by molar-refractivity contribution is 1.04. The summed E-state index contributed by atoms with van der Waals surface area (Å²) in [4.78, 5) is 0. The maximum Gasteiger partial charge on any atom is 0.150 e. The molecule has 0 amide bonds. The Morgan fingerprint density at radius 1 is 0.543 bits per heavy atom. The number of fused-ring (bicyclic) bond motifs is 3. The molecule has 0 atom stereocenters. The van der Waals surface area contributed by atoms with Crippen LogP contribution in [0.2, 0.25) is 5.54 Å². The van der Waals surface area contributed by atoms with E-state index < -0.39 is 8.07 Å². The molecule has 0 N–H and O–H groups in total. The first-order valence-electron chi connectivity index (χ1n) is 12.3. The molecule has 6 aromatic rings. The largest absolute Gasteiger partial charge is 0.150 e. The maximum absolute atomic E-state index is 2.49. The van der Waals surface area contributed by atoms with Crippen LogP contribution in [0.1, 0.15) is 13.8 Å². The third-order valence-electron chi connectivity index (χ3n) is 7.36. The van der Waals surface area contributed by atoms with Crippen molar-refractivity contribution in [1.29, 1.82) is 0 Å². The van der Waals surface area contributed by atoms with Crippen molar-refractivity contribution in [3.8, 4) is 11.1 Å². The molecule has 0 spiro atoms. The first-order valence-corrected chi connectivity index (χ1v) is 15.2. The monoisotopic (exact) mass is 484 g/mol. The first-order chi connectivity index (χ1) is 17.2. The molecule has 6 rings (SSSR count). The molecule has 0 unspecified atom stereocenters. The Balaban J connectivity index is 1.62. The molecular weight excluding hydrogens is 457 g/mol. The van der Waals surface area contributed by atoms with E-state index in [4.69, 9.17) is 0 Å². The molecule has 0 aliphatic heterocycles. The lowest BCUT2D eigenvalue weighted by atomic mass is 10.0. The van der Waals surface area contributed by atoms with Gasteiger partial charge < -0.3 is 0 Å². The van der Waals surface area contributed by atoms with Crippen molar-refractivity contribution < 1.29 is 0 Å². The fraction of sp³-hybridized carbons (Fsp3) is 0.0909. The molecule has 0 aliphatic rings. The molecule has 0 nitrogen and oxygen atoms in total. The zero-order valence-electron chi connectivity index (χ0n) is 20.1. The van der Waals surface area contributed by atoms with Crippen LogP contribution in [-0.4, -0.2) is 8.07 Å². The van der Waals surface area contributed by atoms with Gasteiger partial charge >= 0.3 is 0 Å². The van der Waals surface area contributed by atoms with Gasteiger partial charge in [0.15, 0.2) is 8.07 Å². The number of hydrogen-bond donors (Lipinski definition) is 0. The third-order valence-corrected chi connectivity index (χ3v) is 14.0. The van der Waals surface area contributed by atoms with Crippen LogP contribution in [0.4, 0.5) is 0 Å². The summed E-state index contributed by atoms with van der Waals surface area (Å²) in [6.45, 7) is 4.82. The molecule has 1 heterocycles. The van der Waals surface area contributed by atoms with E-state index in [2.05, 4.69) is 141 Å². The van der Waals surface area contributed by atoms with Crippen molar-refractivity contribution in [2.75, 3.05) is 0 Å². The summed E-state index contributed by atoms with van der Waals surface area (Å²) < 4.78 is 2.73. The summed E-state index contributed by atoms with van der Waals surface area (Å²) in [5.74, 6) is 0. The van der Waals surface area contributed by atoms with Crippen molar-refractivity contribution in [1.82, 2.24) is 0 Å². The maximum atomic E-state index is 2.49. The molecule has 5 aromatic carbocycles. The highest BCUT2D eigenvalue weighted by atomic mass is 32.1. The molecule has 170 valence electrons. The molecule has 0 bridgehead atoms. The van der Waals surface area contributed by atoms with E-state index in [1.54, 1.807) is 0 Å². The molecule has 35 heavy (non-hydrogen) atoms. The van der Waals surface area contributed by atoms with Crippen LogP contribution in [0.15, 0.2) is 127 Å². The van der Waals surface area contributed by atoms with E-state index in [9.17, 15) is 0 Å². The Morgan fingerprint density at radius 2 is 1.11 bits per heavy atom. The minimum absolute atomic E-state index is 0.502. The van der Waals surface area contributed by atoms with Crippen molar-refractivity contribution in [3.05, 3.63) is 127 Å². The molecule has 0 fully saturated rings. The van der Waals surface area contributed by atoms with Crippen LogP contribution in [0.3, 0.4) is 0 Å². The third kappa shape index (κ3) is 3.56.